The Hall–Kier alpha value is -1.00. The van der Waals surface area contributed by atoms with Crippen LogP contribution in [0.5, 0.6) is 0 Å². The molecule has 1 unspecified atom stereocenters. The Morgan fingerprint density at radius 3 is 2.77 bits per heavy atom. The number of hydrogen-bond donors (Lipinski definition) is 2. The molecule has 2 N–H and O–H groups in total. The molecule has 0 spiro atoms. The molecule has 0 aromatic carbocycles. The highest BCUT2D eigenvalue weighted by Gasteiger charge is 2.08. The van der Waals surface area contributed by atoms with Crippen molar-refractivity contribution < 1.29 is 0 Å². The minimum atomic E-state index is 0.293. The molecule has 0 fully saturated rings. The summed E-state index contributed by atoms with van der Waals surface area (Å²) in [6.45, 7) is 0.974. The van der Waals surface area contributed by atoms with Crippen LogP contribution in [0.3, 0.4) is 0 Å². The standard InChI is InChI=1S/C9H16N4/c1-10-4-3-8(11-2)9-7-12-5-6-13-9/h5-8,10-11H,3-4H2,1-2H3. The molecule has 0 aliphatic carbocycles. The van der Waals surface area contributed by atoms with E-state index < -0.39 is 0 Å². The first-order valence-corrected chi connectivity index (χ1v) is 4.46. The van der Waals surface area contributed by atoms with Gasteiger partial charge in [-0.25, -0.2) is 0 Å². The van der Waals surface area contributed by atoms with Crippen LogP contribution in [0.15, 0.2) is 18.6 Å². The van der Waals surface area contributed by atoms with E-state index in [2.05, 4.69) is 20.6 Å². The highest BCUT2D eigenvalue weighted by molar-refractivity contribution is 5.01. The lowest BCUT2D eigenvalue weighted by Gasteiger charge is -2.14. The second kappa shape index (κ2) is 5.61. The fourth-order valence-electron chi connectivity index (χ4n) is 1.22. The van der Waals surface area contributed by atoms with Crippen LogP contribution in [-0.4, -0.2) is 30.6 Å². The van der Waals surface area contributed by atoms with Crippen molar-refractivity contribution in [2.24, 2.45) is 0 Å². The molecule has 1 rings (SSSR count). The molecule has 0 aliphatic rings. The van der Waals surface area contributed by atoms with Crippen molar-refractivity contribution in [2.45, 2.75) is 12.5 Å². The van der Waals surface area contributed by atoms with Crippen molar-refractivity contribution >= 4 is 0 Å². The van der Waals surface area contributed by atoms with E-state index in [0.29, 0.717) is 6.04 Å². The summed E-state index contributed by atoms with van der Waals surface area (Å²) in [5.41, 5.74) is 1.00. The second-order valence-electron chi connectivity index (χ2n) is 2.86. The third kappa shape index (κ3) is 3.08. The van der Waals surface area contributed by atoms with Gasteiger partial charge in [-0.05, 0) is 27.1 Å². The molecular weight excluding hydrogens is 164 g/mol. The van der Waals surface area contributed by atoms with E-state index in [0.717, 1.165) is 18.7 Å². The van der Waals surface area contributed by atoms with Crippen LogP contribution < -0.4 is 10.6 Å². The number of nitrogens with one attached hydrogen (secondary N) is 2. The van der Waals surface area contributed by atoms with E-state index in [1.165, 1.54) is 0 Å². The van der Waals surface area contributed by atoms with Crippen LogP contribution in [0.4, 0.5) is 0 Å². The molecule has 0 aliphatic heterocycles. The molecule has 0 radical (unpaired) electrons. The molecule has 0 saturated heterocycles. The Labute approximate surface area is 78.8 Å². The van der Waals surface area contributed by atoms with Crippen LogP contribution in [0.1, 0.15) is 18.2 Å². The van der Waals surface area contributed by atoms with Crippen LogP contribution >= 0.6 is 0 Å². The van der Waals surface area contributed by atoms with Crippen LogP contribution in [0, 0.1) is 0 Å². The Morgan fingerprint density at radius 1 is 1.38 bits per heavy atom. The van der Waals surface area contributed by atoms with Gasteiger partial charge in [0.25, 0.3) is 0 Å². The zero-order chi connectivity index (χ0) is 9.52. The zero-order valence-electron chi connectivity index (χ0n) is 8.12. The van der Waals surface area contributed by atoms with Gasteiger partial charge in [-0.1, -0.05) is 0 Å². The predicted molar refractivity (Wildman–Crippen MR) is 52.4 cm³/mol. The molecule has 1 heterocycles. The maximum atomic E-state index is 4.25. The molecule has 4 nitrogen and oxygen atoms in total. The third-order valence-electron chi connectivity index (χ3n) is 1.97. The Bertz CT molecular complexity index is 224. The average molecular weight is 180 g/mol. The van der Waals surface area contributed by atoms with Gasteiger partial charge in [0, 0.05) is 18.6 Å². The number of aromatic nitrogens is 2. The van der Waals surface area contributed by atoms with E-state index >= 15 is 0 Å². The molecule has 13 heavy (non-hydrogen) atoms. The Kier molecular flexibility index (Phi) is 4.35. The first-order chi connectivity index (χ1) is 6.38. The molecule has 1 aromatic rings. The van der Waals surface area contributed by atoms with Gasteiger partial charge in [-0.3, -0.25) is 9.97 Å². The van der Waals surface area contributed by atoms with Crippen molar-refractivity contribution in [3.8, 4) is 0 Å². The molecule has 0 saturated carbocycles. The second-order valence-corrected chi connectivity index (χ2v) is 2.86. The zero-order valence-corrected chi connectivity index (χ0v) is 8.12. The van der Waals surface area contributed by atoms with Crippen LogP contribution in [-0.2, 0) is 0 Å². The van der Waals surface area contributed by atoms with E-state index in [1.54, 1.807) is 18.6 Å². The highest BCUT2D eigenvalue weighted by Crippen LogP contribution is 2.10. The molecule has 1 atom stereocenters. The molecule has 1 aromatic heterocycles. The largest absolute Gasteiger partial charge is 0.320 e. The topological polar surface area (TPSA) is 49.8 Å². The van der Waals surface area contributed by atoms with Gasteiger partial charge in [-0.15, -0.1) is 0 Å². The van der Waals surface area contributed by atoms with Gasteiger partial charge in [0.15, 0.2) is 0 Å². The summed E-state index contributed by atoms with van der Waals surface area (Å²) in [6, 6.07) is 0.293. The molecule has 4 heteroatoms. The van der Waals surface area contributed by atoms with Crippen molar-refractivity contribution in [3.05, 3.63) is 24.3 Å². The third-order valence-corrected chi connectivity index (χ3v) is 1.97. The van der Waals surface area contributed by atoms with E-state index in [4.69, 9.17) is 0 Å². The maximum Gasteiger partial charge on any atom is 0.0756 e. The highest BCUT2D eigenvalue weighted by atomic mass is 14.9. The van der Waals surface area contributed by atoms with E-state index in [1.807, 2.05) is 14.1 Å². The fourth-order valence-corrected chi connectivity index (χ4v) is 1.22. The first kappa shape index (κ1) is 10.1. The molecule has 72 valence electrons. The maximum absolute atomic E-state index is 4.25. The summed E-state index contributed by atoms with van der Waals surface area (Å²) < 4.78 is 0. The van der Waals surface area contributed by atoms with Crippen LogP contribution in [0.25, 0.3) is 0 Å². The van der Waals surface area contributed by atoms with Gasteiger partial charge >= 0.3 is 0 Å². The fraction of sp³-hybridized carbons (Fsp3) is 0.556. The number of nitrogens with zero attached hydrogens (tertiary/aromatic N) is 2. The summed E-state index contributed by atoms with van der Waals surface area (Å²) in [7, 11) is 3.89. The Balaban J connectivity index is 2.56. The van der Waals surface area contributed by atoms with E-state index in [9.17, 15) is 0 Å². The van der Waals surface area contributed by atoms with Crippen LogP contribution in [0.2, 0.25) is 0 Å². The van der Waals surface area contributed by atoms with Crippen molar-refractivity contribution in [1.82, 2.24) is 20.6 Å². The summed E-state index contributed by atoms with van der Waals surface area (Å²) in [5.74, 6) is 0. The summed E-state index contributed by atoms with van der Waals surface area (Å²) in [6.07, 6.45) is 6.23. The normalized spacial score (nSPS) is 12.8. The van der Waals surface area contributed by atoms with E-state index in [-0.39, 0.29) is 0 Å². The number of rotatable bonds is 5. The minimum Gasteiger partial charge on any atom is -0.320 e. The predicted octanol–water partition coefficient (Wildman–Crippen LogP) is 0.347. The van der Waals surface area contributed by atoms with Crippen molar-refractivity contribution in [3.63, 3.8) is 0 Å². The summed E-state index contributed by atoms with van der Waals surface area (Å²) >= 11 is 0. The van der Waals surface area contributed by atoms with Gasteiger partial charge in [0.05, 0.1) is 11.7 Å². The molecular formula is C9H16N4. The lowest BCUT2D eigenvalue weighted by molar-refractivity contribution is 0.519. The molecule has 0 bridgehead atoms. The van der Waals surface area contributed by atoms with Crippen molar-refractivity contribution in [1.29, 1.82) is 0 Å². The summed E-state index contributed by atoms with van der Waals surface area (Å²) in [4.78, 5) is 8.29. The quantitative estimate of drug-likeness (QED) is 0.686. The SMILES string of the molecule is CNCCC(NC)c1cnccn1. The van der Waals surface area contributed by atoms with Gasteiger partial charge in [0.1, 0.15) is 0 Å². The van der Waals surface area contributed by atoms with Gasteiger partial charge in [-0.2, -0.15) is 0 Å². The lowest BCUT2D eigenvalue weighted by Crippen LogP contribution is -2.22. The Morgan fingerprint density at radius 2 is 2.23 bits per heavy atom. The smallest absolute Gasteiger partial charge is 0.0756 e. The van der Waals surface area contributed by atoms with Gasteiger partial charge < -0.3 is 10.6 Å². The first-order valence-electron chi connectivity index (χ1n) is 4.46. The van der Waals surface area contributed by atoms with Crippen molar-refractivity contribution in [2.75, 3.05) is 20.6 Å². The lowest BCUT2D eigenvalue weighted by atomic mass is 10.1. The summed E-state index contributed by atoms with van der Waals surface area (Å²) in [5, 5.41) is 6.32. The number of hydrogen-bond acceptors (Lipinski definition) is 4. The molecule has 0 amide bonds. The average Bonchev–Trinajstić information content (AvgIpc) is 2.21. The monoisotopic (exact) mass is 180 g/mol. The van der Waals surface area contributed by atoms with Gasteiger partial charge in [0.2, 0.25) is 0 Å². The minimum absolute atomic E-state index is 0.293.